The summed E-state index contributed by atoms with van der Waals surface area (Å²) in [4.78, 5) is 25.4. The minimum atomic E-state index is -0.234. The molecule has 0 radical (unpaired) electrons. The lowest BCUT2D eigenvalue weighted by atomic mass is 10.1. The number of benzene rings is 1. The van der Waals surface area contributed by atoms with Gasteiger partial charge in [0.15, 0.2) is 5.82 Å². The van der Waals surface area contributed by atoms with Crippen LogP contribution in [0.25, 0.3) is 11.4 Å². The molecule has 0 saturated heterocycles. The minimum absolute atomic E-state index is 0.228. The van der Waals surface area contributed by atoms with Crippen molar-refractivity contribution in [3.8, 4) is 11.4 Å². The molecule has 0 fully saturated rings. The molecule has 0 unspecified atom stereocenters. The van der Waals surface area contributed by atoms with E-state index in [1.165, 1.54) is 12.4 Å². The highest BCUT2D eigenvalue weighted by molar-refractivity contribution is 5.94. The van der Waals surface area contributed by atoms with Gasteiger partial charge in [-0.15, -0.1) is 0 Å². The number of amides is 1. The van der Waals surface area contributed by atoms with Crippen molar-refractivity contribution in [3.05, 3.63) is 96.8 Å². The van der Waals surface area contributed by atoms with E-state index in [-0.39, 0.29) is 11.9 Å². The van der Waals surface area contributed by atoms with E-state index in [0.717, 1.165) is 11.1 Å². The van der Waals surface area contributed by atoms with Gasteiger partial charge >= 0.3 is 0 Å². The van der Waals surface area contributed by atoms with Crippen LogP contribution in [0, 0.1) is 0 Å². The van der Waals surface area contributed by atoms with Crippen LogP contribution in [-0.2, 0) is 6.54 Å². The SMILES string of the molecule is O=C(N[C@@H](Cn1cccn1)c1ccccc1)c1cnc(-c2ccncc2)nc1. The van der Waals surface area contributed by atoms with Gasteiger partial charge in [-0.25, -0.2) is 9.97 Å². The standard InChI is InChI=1S/C21H18N6O/c28-21(18-13-23-20(24-14-18)17-7-10-22-11-8-17)26-19(15-27-12-4-9-25-27)16-5-2-1-3-6-16/h1-14,19H,15H2,(H,26,28)/t19-/m0/s1. The maximum Gasteiger partial charge on any atom is 0.254 e. The largest absolute Gasteiger partial charge is 0.343 e. The molecule has 0 bridgehead atoms. The average molecular weight is 370 g/mol. The number of pyridine rings is 1. The van der Waals surface area contributed by atoms with Gasteiger partial charge in [0.1, 0.15) is 0 Å². The zero-order chi connectivity index (χ0) is 19.2. The van der Waals surface area contributed by atoms with Crippen LogP contribution in [0.3, 0.4) is 0 Å². The predicted octanol–water partition coefficient (Wildman–Crippen LogP) is 2.91. The lowest BCUT2D eigenvalue weighted by Gasteiger charge is -2.19. The summed E-state index contributed by atoms with van der Waals surface area (Å²) < 4.78 is 1.79. The van der Waals surface area contributed by atoms with Gasteiger partial charge in [-0.3, -0.25) is 14.5 Å². The van der Waals surface area contributed by atoms with Crippen molar-refractivity contribution >= 4 is 5.91 Å². The molecule has 1 atom stereocenters. The first-order valence-electron chi connectivity index (χ1n) is 8.85. The molecule has 138 valence electrons. The van der Waals surface area contributed by atoms with Gasteiger partial charge in [-0.1, -0.05) is 30.3 Å². The van der Waals surface area contributed by atoms with E-state index in [0.29, 0.717) is 17.9 Å². The van der Waals surface area contributed by atoms with E-state index < -0.39 is 0 Å². The number of nitrogens with one attached hydrogen (secondary N) is 1. The second-order valence-corrected chi connectivity index (χ2v) is 6.20. The zero-order valence-electron chi connectivity index (χ0n) is 15.0. The number of hydrogen-bond donors (Lipinski definition) is 1. The Balaban J connectivity index is 1.52. The van der Waals surface area contributed by atoms with Crippen molar-refractivity contribution in [1.82, 2.24) is 30.0 Å². The molecule has 3 heterocycles. The van der Waals surface area contributed by atoms with Crippen molar-refractivity contribution in [2.75, 3.05) is 0 Å². The first-order valence-corrected chi connectivity index (χ1v) is 8.85. The van der Waals surface area contributed by atoms with Gasteiger partial charge in [0, 0.05) is 42.7 Å². The summed E-state index contributed by atoms with van der Waals surface area (Å²) in [5.74, 6) is 0.317. The summed E-state index contributed by atoms with van der Waals surface area (Å²) >= 11 is 0. The van der Waals surface area contributed by atoms with E-state index in [2.05, 4.69) is 25.4 Å². The van der Waals surface area contributed by atoms with Crippen LogP contribution < -0.4 is 5.32 Å². The van der Waals surface area contributed by atoms with Crippen molar-refractivity contribution in [2.45, 2.75) is 12.6 Å². The summed E-state index contributed by atoms with van der Waals surface area (Å²) in [7, 11) is 0. The number of rotatable bonds is 6. The minimum Gasteiger partial charge on any atom is -0.343 e. The Labute approximate surface area is 162 Å². The lowest BCUT2D eigenvalue weighted by Crippen LogP contribution is -2.31. The smallest absolute Gasteiger partial charge is 0.254 e. The predicted molar refractivity (Wildman–Crippen MR) is 104 cm³/mol. The first-order chi connectivity index (χ1) is 13.8. The normalized spacial score (nSPS) is 11.7. The van der Waals surface area contributed by atoms with Crippen LogP contribution in [0.15, 0.2) is 85.7 Å². The molecule has 3 aromatic heterocycles. The van der Waals surface area contributed by atoms with Crippen molar-refractivity contribution in [2.24, 2.45) is 0 Å². The Morgan fingerprint density at radius 1 is 0.964 bits per heavy atom. The Bertz CT molecular complexity index is 1020. The van der Waals surface area contributed by atoms with Crippen molar-refractivity contribution in [3.63, 3.8) is 0 Å². The van der Waals surface area contributed by atoms with E-state index in [1.807, 2.05) is 54.7 Å². The molecule has 7 heteroatoms. The van der Waals surface area contributed by atoms with Gasteiger partial charge in [-0.05, 0) is 23.8 Å². The topological polar surface area (TPSA) is 85.6 Å². The van der Waals surface area contributed by atoms with Gasteiger partial charge in [0.2, 0.25) is 0 Å². The molecule has 1 aromatic carbocycles. The van der Waals surface area contributed by atoms with Crippen LogP contribution in [0.4, 0.5) is 0 Å². The Kier molecular flexibility index (Phi) is 5.15. The molecular formula is C21H18N6O. The molecule has 28 heavy (non-hydrogen) atoms. The van der Waals surface area contributed by atoms with E-state index >= 15 is 0 Å². The molecule has 0 aliphatic heterocycles. The van der Waals surface area contributed by atoms with Gasteiger partial charge in [0.05, 0.1) is 18.2 Å². The highest BCUT2D eigenvalue weighted by Gasteiger charge is 2.17. The number of aromatic nitrogens is 5. The quantitative estimate of drug-likeness (QED) is 0.564. The lowest BCUT2D eigenvalue weighted by molar-refractivity contribution is 0.0931. The number of carbonyl (C=O) groups is 1. The molecule has 0 saturated carbocycles. The molecule has 0 aliphatic carbocycles. The summed E-state index contributed by atoms with van der Waals surface area (Å²) in [5, 5.41) is 7.30. The molecule has 0 aliphatic rings. The molecular weight excluding hydrogens is 352 g/mol. The molecule has 0 spiro atoms. The van der Waals surface area contributed by atoms with E-state index in [9.17, 15) is 4.79 Å². The Morgan fingerprint density at radius 2 is 1.71 bits per heavy atom. The fourth-order valence-electron chi connectivity index (χ4n) is 2.85. The second-order valence-electron chi connectivity index (χ2n) is 6.20. The van der Waals surface area contributed by atoms with Crippen molar-refractivity contribution < 1.29 is 4.79 Å². The summed E-state index contributed by atoms with van der Waals surface area (Å²) in [6, 6.07) is 15.1. The summed E-state index contributed by atoms with van der Waals surface area (Å²) in [6.07, 6.45) is 10.0. The third-order valence-electron chi connectivity index (χ3n) is 4.29. The number of nitrogens with zero attached hydrogens (tertiary/aromatic N) is 5. The molecule has 1 amide bonds. The van der Waals surface area contributed by atoms with Crippen LogP contribution in [-0.4, -0.2) is 30.6 Å². The van der Waals surface area contributed by atoms with Gasteiger partial charge < -0.3 is 5.32 Å². The summed E-state index contributed by atoms with van der Waals surface area (Å²) in [5.41, 5.74) is 2.25. The van der Waals surface area contributed by atoms with Gasteiger partial charge in [0.25, 0.3) is 5.91 Å². The third-order valence-corrected chi connectivity index (χ3v) is 4.29. The Hall–Kier alpha value is -3.87. The van der Waals surface area contributed by atoms with Crippen LogP contribution in [0.5, 0.6) is 0 Å². The highest BCUT2D eigenvalue weighted by atomic mass is 16.1. The van der Waals surface area contributed by atoms with Crippen LogP contribution in [0.2, 0.25) is 0 Å². The first kappa shape index (κ1) is 17.5. The number of hydrogen-bond acceptors (Lipinski definition) is 5. The Morgan fingerprint density at radius 3 is 2.39 bits per heavy atom. The number of carbonyl (C=O) groups excluding carboxylic acids is 1. The summed E-state index contributed by atoms with van der Waals surface area (Å²) in [6.45, 7) is 0.526. The molecule has 4 aromatic rings. The molecule has 7 nitrogen and oxygen atoms in total. The third kappa shape index (κ3) is 4.09. The highest BCUT2D eigenvalue weighted by Crippen LogP contribution is 2.16. The van der Waals surface area contributed by atoms with Gasteiger partial charge in [-0.2, -0.15) is 5.10 Å². The van der Waals surface area contributed by atoms with Crippen molar-refractivity contribution in [1.29, 1.82) is 0 Å². The maximum absolute atomic E-state index is 12.8. The molecule has 4 rings (SSSR count). The fraction of sp³-hybridized carbons (Fsp3) is 0.0952. The van der Waals surface area contributed by atoms with E-state index in [4.69, 9.17) is 0 Å². The second kappa shape index (κ2) is 8.22. The van der Waals surface area contributed by atoms with E-state index in [1.54, 1.807) is 23.3 Å². The molecule has 1 N–H and O–H groups in total. The maximum atomic E-state index is 12.8. The zero-order valence-corrected chi connectivity index (χ0v) is 15.0. The van der Waals surface area contributed by atoms with Crippen LogP contribution in [0.1, 0.15) is 22.0 Å². The van der Waals surface area contributed by atoms with Crippen LogP contribution >= 0.6 is 0 Å². The fourth-order valence-corrected chi connectivity index (χ4v) is 2.85. The average Bonchev–Trinajstić information content (AvgIpc) is 3.28. The monoisotopic (exact) mass is 370 g/mol.